The van der Waals surface area contributed by atoms with Crippen molar-refractivity contribution < 1.29 is 4.79 Å². The maximum Gasteiger partial charge on any atom is 0.223 e. The quantitative estimate of drug-likeness (QED) is 0.828. The summed E-state index contributed by atoms with van der Waals surface area (Å²) < 4.78 is 0. The van der Waals surface area contributed by atoms with Gasteiger partial charge in [0.2, 0.25) is 5.91 Å². The maximum absolute atomic E-state index is 12.6. The summed E-state index contributed by atoms with van der Waals surface area (Å²) in [6.45, 7) is 7.71. The van der Waals surface area contributed by atoms with Crippen molar-refractivity contribution in [2.24, 2.45) is 5.92 Å². The molecule has 0 aliphatic carbocycles. The third-order valence-corrected chi connectivity index (χ3v) is 5.43. The van der Waals surface area contributed by atoms with Crippen molar-refractivity contribution in [3.63, 3.8) is 0 Å². The molecule has 3 heterocycles. The molecule has 0 spiro atoms. The van der Waals surface area contributed by atoms with Gasteiger partial charge in [-0.2, -0.15) is 0 Å². The smallest absolute Gasteiger partial charge is 0.223 e. The Hall–Kier alpha value is -0.0300. The zero-order chi connectivity index (χ0) is 13.9. The number of carbonyl (C=O) groups is 1. The zero-order valence-corrected chi connectivity index (χ0v) is 15.3. The van der Waals surface area contributed by atoms with Gasteiger partial charge >= 0.3 is 0 Å². The molecule has 0 aromatic heterocycles. The number of rotatable bonds is 2. The minimum Gasteiger partial charge on any atom is -0.337 e. The van der Waals surface area contributed by atoms with Crippen LogP contribution in [-0.4, -0.2) is 60.5 Å². The highest BCUT2D eigenvalue weighted by Gasteiger charge is 2.35. The predicted molar refractivity (Wildman–Crippen MR) is 95.1 cm³/mol. The Labute approximate surface area is 147 Å². The number of piperazine rings is 1. The molecule has 3 saturated heterocycles. The Morgan fingerprint density at radius 2 is 1.82 bits per heavy atom. The van der Waals surface area contributed by atoms with Gasteiger partial charge in [0.05, 0.1) is 0 Å². The van der Waals surface area contributed by atoms with Gasteiger partial charge in [-0.05, 0) is 58.2 Å². The van der Waals surface area contributed by atoms with Gasteiger partial charge in [0.25, 0.3) is 0 Å². The van der Waals surface area contributed by atoms with Crippen LogP contribution in [0.5, 0.6) is 0 Å². The fourth-order valence-electron chi connectivity index (χ4n) is 4.15. The van der Waals surface area contributed by atoms with Crippen molar-refractivity contribution in [1.82, 2.24) is 15.1 Å². The van der Waals surface area contributed by atoms with Crippen molar-refractivity contribution in [2.45, 2.75) is 57.5 Å². The molecule has 1 N–H and O–H groups in total. The van der Waals surface area contributed by atoms with E-state index in [1.165, 1.54) is 38.6 Å². The van der Waals surface area contributed by atoms with E-state index < -0.39 is 0 Å². The molecule has 0 aromatic rings. The monoisotopic (exact) mass is 351 g/mol. The van der Waals surface area contributed by atoms with Gasteiger partial charge in [0.1, 0.15) is 0 Å². The van der Waals surface area contributed by atoms with Gasteiger partial charge in [0.15, 0.2) is 0 Å². The van der Waals surface area contributed by atoms with Crippen molar-refractivity contribution in [2.75, 3.05) is 32.7 Å². The first-order chi connectivity index (χ1) is 9.74. The molecule has 6 heteroatoms. The summed E-state index contributed by atoms with van der Waals surface area (Å²) in [5.74, 6) is 1.02. The van der Waals surface area contributed by atoms with Gasteiger partial charge in [-0.25, -0.2) is 0 Å². The summed E-state index contributed by atoms with van der Waals surface area (Å²) in [4.78, 5) is 17.4. The van der Waals surface area contributed by atoms with E-state index in [1.54, 1.807) is 0 Å². The van der Waals surface area contributed by atoms with Gasteiger partial charge in [-0.15, -0.1) is 24.8 Å². The minimum absolute atomic E-state index is 0. The van der Waals surface area contributed by atoms with Crippen LogP contribution in [0.4, 0.5) is 0 Å². The molecule has 3 aliphatic heterocycles. The first kappa shape index (κ1) is 20.0. The van der Waals surface area contributed by atoms with E-state index >= 15 is 0 Å². The average Bonchev–Trinajstić information content (AvgIpc) is 2.47. The first-order valence-corrected chi connectivity index (χ1v) is 8.48. The van der Waals surface area contributed by atoms with Gasteiger partial charge in [0, 0.05) is 31.6 Å². The highest BCUT2D eigenvalue weighted by atomic mass is 35.5. The molecule has 0 bridgehead atoms. The number of piperidine rings is 2. The van der Waals surface area contributed by atoms with Crippen LogP contribution < -0.4 is 5.32 Å². The summed E-state index contributed by atoms with van der Waals surface area (Å²) in [6, 6.07) is 1.04. The molecule has 0 saturated carbocycles. The van der Waals surface area contributed by atoms with Crippen LogP contribution in [0.2, 0.25) is 0 Å². The molecule has 3 rings (SSSR count). The predicted octanol–water partition coefficient (Wildman–Crippen LogP) is 2.30. The third kappa shape index (κ3) is 4.73. The van der Waals surface area contributed by atoms with Crippen molar-refractivity contribution in [3.8, 4) is 0 Å². The van der Waals surface area contributed by atoms with Crippen LogP contribution in [0.15, 0.2) is 0 Å². The van der Waals surface area contributed by atoms with E-state index in [0.29, 0.717) is 23.9 Å². The molecule has 130 valence electrons. The van der Waals surface area contributed by atoms with E-state index in [2.05, 4.69) is 22.0 Å². The largest absolute Gasteiger partial charge is 0.337 e. The van der Waals surface area contributed by atoms with E-state index in [0.717, 1.165) is 32.6 Å². The molecule has 2 unspecified atom stereocenters. The number of hydrogen-bond acceptors (Lipinski definition) is 3. The van der Waals surface area contributed by atoms with Gasteiger partial charge in [-0.3, -0.25) is 9.69 Å². The number of hydrogen-bond donors (Lipinski definition) is 1. The van der Waals surface area contributed by atoms with Crippen LogP contribution in [-0.2, 0) is 4.79 Å². The highest BCUT2D eigenvalue weighted by molar-refractivity contribution is 5.85. The molecule has 0 aromatic carbocycles. The second-order valence-corrected chi connectivity index (χ2v) is 6.94. The second-order valence-electron chi connectivity index (χ2n) is 6.94. The number of carbonyl (C=O) groups excluding carboxylic acids is 1. The van der Waals surface area contributed by atoms with E-state index in [4.69, 9.17) is 0 Å². The maximum atomic E-state index is 12.6. The standard InChI is InChI=1S/C16H29N3O.2ClH/c1-13-11-18-9-3-2-4-15(18)12-19(13)16(20)10-14-5-7-17-8-6-14;;/h13-15,17H,2-12H2,1H3;2*1H. The Bertz CT molecular complexity index is 350. The number of nitrogens with one attached hydrogen (secondary N) is 1. The van der Waals surface area contributed by atoms with Crippen LogP contribution in [0, 0.1) is 5.92 Å². The lowest BCUT2D eigenvalue weighted by molar-refractivity contribution is -0.139. The lowest BCUT2D eigenvalue weighted by atomic mass is 9.92. The van der Waals surface area contributed by atoms with Crippen LogP contribution in [0.25, 0.3) is 0 Å². The Kier molecular flexibility index (Phi) is 8.47. The van der Waals surface area contributed by atoms with Crippen LogP contribution >= 0.6 is 24.8 Å². The number of fused-ring (bicyclic) bond motifs is 1. The molecule has 3 aliphatic rings. The molecular formula is C16H31Cl2N3O. The summed E-state index contributed by atoms with van der Waals surface area (Å²) in [6.07, 6.45) is 7.08. The highest BCUT2D eigenvalue weighted by Crippen LogP contribution is 2.26. The minimum atomic E-state index is 0. The van der Waals surface area contributed by atoms with Crippen molar-refractivity contribution in [3.05, 3.63) is 0 Å². The molecule has 0 radical (unpaired) electrons. The van der Waals surface area contributed by atoms with Gasteiger partial charge < -0.3 is 10.2 Å². The van der Waals surface area contributed by atoms with Gasteiger partial charge in [-0.1, -0.05) is 6.42 Å². The van der Waals surface area contributed by atoms with E-state index in [1.807, 2.05) is 0 Å². The molecule has 1 amide bonds. The van der Waals surface area contributed by atoms with Crippen molar-refractivity contribution in [1.29, 1.82) is 0 Å². The summed E-state index contributed by atoms with van der Waals surface area (Å²) >= 11 is 0. The molecule has 2 atom stereocenters. The lowest BCUT2D eigenvalue weighted by Crippen LogP contribution is -2.60. The Morgan fingerprint density at radius 3 is 2.55 bits per heavy atom. The summed E-state index contributed by atoms with van der Waals surface area (Å²) in [5, 5.41) is 3.38. The lowest BCUT2D eigenvalue weighted by Gasteiger charge is -2.47. The topological polar surface area (TPSA) is 35.6 Å². The number of amides is 1. The Balaban J connectivity index is 0.00000121. The SMILES string of the molecule is CC1CN2CCCCC2CN1C(=O)CC1CCNCC1.Cl.Cl. The summed E-state index contributed by atoms with van der Waals surface area (Å²) in [7, 11) is 0. The number of halogens is 2. The fourth-order valence-corrected chi connectivity index (χ4v) is 4.15. The van der Waals surface area contributed by atoms with Crippen LogP contribution in [0.1, 0.15) is 45.4 Å². The van der Waals surface area contributed by atoms with E-state index in [-0.39, 0.29) is 24.8 Å². The number of nitrogens with zero attached hydrogens (tertiary/aromatic N) is 2. The summed E-state index contributed by atoms with van der Waals surface area (Å²) in [5.41, 5.74) is 0. The van der Waals surface area contributed by atoms with E-state index in [9.17, 15) is 4.79 Å². The normalized spacial score (nSPS) is 30.0. The fraction of sp³-hybridized carbons (Fsp3) is 0.938. The molecule has 4 nitrogen and oxygen atoms in total. The molecule has 22 heavy (non-hydrogen) atoms. The zero-order valence-electron chi connectivity index (χ0n) is 13.6. The molecule has 3 fully saturated rings. The Morgan fingerprint density at radius 1 is 1.09 bits per heavy atom. The average molecular weight is 352 g/mol. The molecular weight excluding hydrogens is 321 g/mol. The third-order valence-electron chi connectivity index (χ3n) is 5.43. The van der Waals surface area contributed by atoms with Crippen LogP contribution in [0.3, 0.4) is 0 Å². The second kappa shape index (κ2) is 9.31. The first-order valence-electron chi connectivity index (χ1n) is 8.48. The van der Waals surface area contributed by atoms with Crippen molar-refractivity contribution >= 4 is 30.7 Å².